The minimum Gasteiger partial charge on any atom is -0.334 e. The van der Waals surface area contributed by atoms with Gasteiger partial charge in [0.25, 0.3) is 0 Å². The van der Waals surface area contributed by atoms with Crippen LogP contribution < -0.4 is 16.4 Å². The minimum absolute atomic E-state index is 0.125. The molecule has 4 nitrogen and oxygen atoms in total. The first kappa shape index (κ1) is 11.9. The third-order valence-corrected chi connectivity index (χ3v) is 3.22. The number of urea groups is 1. The molecule has 1 aromatic rings. The zero-order valence-corrected chi connectivity index (χ0v) is 10.1. The maximum Gasteiger partial charge on any atom is 0.315 e. The molecule has 92 valence electrons. The molecular formula is C13H19N3O. The molecule has 17 heavy (non-hydrogen) atoms. The fourth-order valence-electron chi connectivity index (χ4n) is 1.81. The summed E-state index contributed by atoms with van der Waals surface area (Å²) in [7, 11) is 0. The van der Waals surface area contributed by atoms with E-state index in [1.807, 2.05) is 31.2 Å². The smallest absolute Gasteiger partial charge is 0.315 e. The van der Waals surface area contributed by atoms with Crippen molar-refractivity contribution in [3.63, 3.8) is 0 Å². The summed E-state index contributed by atoms with van der Waals surface area (Å²) in [6.07, 6.45) is 1.99. The van der Waals surface area contributed by atoms with Gasteiger partial charge in [0.1, 0.15) is 0 Å². The highest BCUT2D eigenvalue weighted by Gasteiger charge is 2.28. The van der Waals surface area contributed by atoms with Gasteiger partial charge in [-0.05, 0) is 25.3 Å². The van der Waals surface area contributed by atoms with Gasteiger partial charge in [-0.1, -0.05) is 29.8 Å². The number of amides is 2. The van der Waals surface area contributed by atoms with Gasteiger partial charge in [0.2, 0.25) is 0 Å². The van der Waals surface area contributed by atoms with E-state index in [2.05, 4.69) is 10.6 Å². The summed E-state index contributed by atoms with van der Waals surface area (Å²) in [4.78, 5) is 11.6. The lowest BCUT2D eigenvalue weighted by molar-refractivity contribution is 0.220. The Morgan fingerprint density at radius 3 is 2.59 bits per heavy atom. The van der Waals surface area contributed by atoms with Crippen LogP contribution in [0.3, 0.4) is 0 Å². The minimum atomic E-state index is -0.134. The molecule has 0 unspecified atom stereocenters. The van der Waals surface area contributed by atoms with E-state index in [0.717, 1.165) is 18.4 Å². The molecule has 0 aliphatic heterocycles. The van der Waals surface area contributed by atoms with Crippen LogP contribution in [-0.2, 0) is 6.54 Å². The normalized spacial score (nSPS) is 22.7. The van der Waals surface area contributed by atoms with Crippen molar-refractivity contribution in [3.8, 4) is 0 Å². The SMILES string of the molecule is Cc1ccc(CNC(=O)N[C@@H]2CC[C@@H]2N)cc1. The molecule has 1 fully saturated rings. The van der Waals surface area contributed by atoms with Gasteiger partial charge in [-0.25, -0.2) is 4.79 Å². The zero-order valence-electron chi connectivity index (χ0n) is 10.1. The Morgan fingerprint density at radius 2 is 2.06 bits per heavy atom. The highest BCUT2D eigenvalue weighted by atomic mass is 16.2. The second-order valence-electron chi connectivity index (χ2n) is 4.66. The molecule has 0 aromatic heterocycles. The fraction of sp³-hybridized carbons (Fsp3) is 0.462. The molecule has 2 rings (SSSR count). The van der Waals surface area contributed by atoms with E-state index in [0.29, 0.717) is 6.54 Å². The molecule has 1 aliphatic rings. The quantitative estimate of drug-likeness (QED) is 0.736. The number of nitrogens with one attached hydrogen (secondary N) is 2. The van der Waals surface area contributed by atoms with Crippen molar-refractivity contribution in [1.82, 2.24) is 10.6 Å². The first-order chi connectivity index (χ1) is 8.15. The van der Waals surface area contributed by atoms with Crippen molar-refractivity contribution in [2.75, 3.05) is 0 Å². The van der Waals surface area contributed by atoms with Gasteiger partial charge in [-0.2, -0.15) is 0 Å². The lowest BCUT2D eigenvalue weighted by atomic mass is 9.87. The summed E-state index contributed by atoms with van der Waals surface area (Å²) < 4.78 is 0. The average Bonchev–Trinajstić information content (AvgIpc) is 2.33. The Kier molecular flexibility index (Phi) is 3.64. The Balaban J connectivity index is 1.74. The maximum atomic E-state index is 11.6. The topological polar surface area (TPSA) is 67.2 Å². The first-order valence-electron chi connectivity index (χ1n) is 6.00. The van der Waals surface area contributed by atoms with E-state index in [1.165, 1.54) is 5.56 Å². The number of carbonyl (C=O) groups excluding carboxylic acids is 1. The molecule has 0 spiro atoms. The number of nitrogens with two attached hydrogens (primary N) is 1. The molecule has 0 heterocycles. The molecule has 1 aliphatic carbocycles. The number of hydrogen-bond donors (Lipinski definition) is 3. The Bertz CT molecular complexity index is 388. The molecule has 1 aromatic carbocycles. The van der Waals surface area contributed by atoms with Gasteiger partial charge in [-0.15, -0.1) is 0 Å². The summed E-state index contributed by atoms with van der Waals surface area (Å²) >= 11 is 0. The highest BCUT2D eigenvalue weighted by Crippen LogP contribution is 2.16. The van der Waals surface area contributed by atoms with Crippen molar-refractivity contribution in [2.24, 2.45) is 5.73 Å². The van der Waals surface area contributed by atoms with E-state index >= 15 is 0 Å². The van der Waals surface area contributed by atoms with Gasteiger partial charge in [0, 0.05) is 18.6 Å². The monoisotopic (exact) mass is 233 g/mol. The molecule has 2 amide bonds. The van der Waals surface area contributed by atoms with E-state index in [4.69, 9.17) is 5.73 Å². The predicted octanol–water partition coefficient (Wildman–Crippen LogP) is 1.28. The molecule has 0 bridgehead atoms. The lowest BCUT2D eigenvalue weighted by Crippen LogP contribution is -2.56. The summed E-state index contributed by atoms with van der Waals surface area (Å²) in [5.74, 6) is 0. The van der Waals surface area contributed by atoms with Crippen LogP contribution in [0.25, 0.3) is 0 Å². The summed E-state index contributed by atoms with van der Waals surface area (Å²) in [6.45, 7) is 2.59. The summed E-state index contributed by atoms with van der Waals surface area (Å²) in [6, 6.07) is 8.25. The zero-order chi connectivity index (χ0) is 12.3. The van der Waals surface area contributed by atoms with Crippen molar-refractivity contribution < 1.29 is 4.79 Å². The van der Waals surface area contributed by atoms with E-state index in [-0.39, 0.29) is 18.1 Å². The van der Waals surface area contributed by atoms with E-state index in [9.17, 15) is 4.79 Å². The average molecular weight is 233 g/mol. The Morgan fingerprint density at radius 1 is 1.35 bits per heavy atom. The summed E-state index contributed by atoms with van der Waals surface area (Å²) in [5, 5.41) is 5.71. The predicted molar refractivity (Wildman–Crippen MR) is 67.5 cm³/mol. The van der Waals surface area contributed by atoms with Crippen molar-refractivity contribution in [2.45, 2.75) is 38.4 Å². The van der Waals surface area contributed by atoms with Crippen LogP contribution in [0.4, 0.5) is 4.79 Å². The first-order valence-corrected chi connectivity index (χ1v) is 6.00. The largest absolute Gasteiger partial charge is 0.334 e. The third-order valence-electron chi connectivity index (χ3n) is 3.22. The van der Waals surface area contributed by atoms with Crippen molar-refractivity contribution >= 4 is 6.03 Å². The van der Waals surface area contributed by atoms with Gasteiger partial charge in [0.05, 0.1) is 0 Å². The maximum absolute atomic E-state index is 11.6. The second-order valence-corrected chi connectivity index (χ2v) is 4.66. The van der Waals surface area contributed by atoms with Crippen LogP contribution in [0.2, 0.25) is 0 Å². The van der Waals surface area contributed by atoms with Crippen molar-refractivity contribution in [3.05, 3.63) is 35.4 Å². The number of hydrogen-bond acceptors (Lipinski definition) is 2. The molecular weight excluding hydrogens is 214 g/mol. The number of rotatable bonds is 3. The molecule has 0 radical (unpaired) electrons. The van der Waals surface area contributed by atoms with E-state index < -0.39 is 0 Å². The van der Waals surface area contributed by atoms with Crippen molar-refractivity contribution in [1.29, 1.82) is 0 Å². The van der Waals surface area contributed by atoms with Crippen LogP contribution in [0.1, 0.15) is 24.0 Å². The highest BCUT2D eigenvalue weighted by molar-refractivity contribution is 5.74. The van der Waals surface area contributed by atoms with Crippen LogP contribution in [-0.4, -0.2) is 18.1 Å². The number of aryl methyl sites for hydroxylation is 1. The van der Waals surface area contributed by atoms with Gasteiger partial charge >= 0.3 is 6.03 Å². The lowest BCUT2D eigenvalue weighted by Gasteiger charge is -2.33. The Labute approximate surface area is 102 Å². The van der Waals surface area contributed by atoms with Crippen LogP contribution in [0.15, 0.2) is 24.3 Å². The van der Waals surface area contributed by atoms with E-state index in [1.54, 1.807) is 0 Å². The molecule has 4 N–H and O–H groups in total. The number of benzene rings is 1. The van der Waals surface area contributed by atoms with Gasteiger partial charge in [-0.3, -0.25) is 0 Å². The van der Waals surface area contributed by atoms with Gasteiger partial charge < -0.3 is 16.4 Å². The standard InChI is InChI=1S/C13H19N3O/c1-9-2-4-10(5-3-9)8-15-13(17)16-12-7-6-11(12)14/h2-5,11-12H,6-8,14H2,1H3,(H2,15,16,17)/t11-,12+/m0/s1. The van der Waals surface area contributed by atoms with Crippen LogP contribution >= 0.6 is 0 Å². The molecule has 4 heteroatoms. The van der Waals surface area contributed by atoms with Crippen LogP contribution in [0.5, 0.6) is 0 Å². The molecule has 0 saturated heterocycles. The Hall–Kier alpha value is -1.55. The van der Waals surface area contributed by atoms with Crippen LogP contribution in [0, 0.1) is 6.92 Å². The molecule has 2 atom stereocenters. The fourth-order valence-corrected chi connectivity index (χ4v) is 1.81. The summed E-state index contributed by atoms with van der Waals surface area (Å²) in [5.41, 5.74) is 8.07. The van der Waals surface area contributed by atoms with Gasteiger partial charge in [0.15, 0.2) is 0 Å². The second kappa shape index (κ2) is 5.19. The third kappa shape index (κ3) is 3.20. The molecule has 1 saturated carbocycles. The number of carbonyl (C=O) groups is 1.